The Labute approximate surface area is 92.1 Å². The summed E-state index contributed by atoms with van der Waals surface area (Å²) in [6.07, 6.45) is 3.49. The van der Waals surface area contributed by atoms with Crippen LogP contribution in [0.15, 0.2) is 42.7 Å². The van der Waals surface area contributed by atoms with Gasteiger partial charge >= 0.3 is 5.97 Å². The third kappa shape index (κ3) is 1.94. The molecule has 5 nitrogen and oxygen atoms in total. The molecule has 1 atom stereocenters. The molecule has 82 valence electrons. The van der Waals surface area contributed by atoms with Crippen molar-refractivity contribution < 1.29 is 9.90 Å². The van der Waals surface area contributed by atoms with Gasteiger partial charge in [-0.25, -0.2) is 4.68 Å². The molecule has 2 aromatic rings. The van der Waals surface area contributed by atoms with E-state index in [-0.39, 0.29) is 0 Å². The van der Waals surface area contributed by atoms with E-state index >= 15 is 0 Å². The van der Waals surface area contributed by atoms with Gasteiger partial charge in [0.2, 0.25) is 0 Å². The Hall–Kier alpha value is -2.14. The van der Waals surface area contributed by atoms with Crippen molar-refractivity contribution in [1.29, 1.82) is 0 Å². The van der Waals surface area contributed by atoms with Gasteiger partial charge in [0.05, 0.1) is 5.69 Å². The van der Waals surface area contributed by atoms with Crippen LogP contribution < -0.4 is 5.73 Å². The number of aliphatic carboxylic acids is 1. The van der Waals surface area contributed by atoms with E-state index in [0.29, 0.717) is 5.56 Å². The van der Waals surface area contributed by atoms with E-state index in [1.165, 1.54) is 0 Å². The van der Waals surface area contributed by atoms with Crippen LogP contribution in [0.2, 0.25) is 0 Å². The fraction of sp³-hybridized carbons (Fsp3) is 0.0909. The molecule has 0 unspecified atom stereocenters. The van der Waals surface area contributed by atoms with E-state index in [2.05, 4.69) is 5.10 Å². The van der Waals surface area contributed by atoms with Gasteiger partial charge in [0, 0.05) is 12.4 Å². The number of rotatable bonds is 3. The minimum absolute atomic E-state index is 0.573. The van der Waals surface area contributed by atoms with Gasteiger partial charge in [-0.15, -0.1) is 0 Å². The van der Waals surface area contributed by atoms with Gasteiger partial charge in [-0.2, -0.15) is 5.10 Å². The largest absolute Gasteiger partial charge is 0.480 e. The molecule has 0 aliphatic carbocycles. The van der Waals surface area contributed by atoms with Crippen LogP contribution in [0, 0.1) is 0 Å². The fourth-order valence-electron chi connectivity index (χ4n) is 1.40. The second kappa shape index (κ2) is 4.16. The van der Waals surface area contributed by atoms with Gasteiger partial charge in [-0.1, -0.05) is 12.1 Å². The average Bonchev–Trinajstić information content (AvgIpc) is 2.81. The molecule has 1 aromatic carbocycles. The first kappa shape index (κ1) is 10.4. The normalized spacial score (nSPS) is 12.3. The highest BCUT2D eigenvalue weighted by Crippen LogP contribution is 2.13. The van der Waals surface area contributed by atoms with Crippen molar-refractivity contribution in [2.75, 3.05) is 0 Å². The van der Waals surface area contributed by atoms with Crippen LogP contribution in [0.3, 0.4) is 0 Å². The van der Waals surface area contributed by atoms with Crippen LogP contribution in [0.1, 0.15) is 11.6 Å². The molecule has 1 aromatic heterocycles. The summed E-state index contributed by atoms with van der Waals surface area (Å²) in [5, 5.41) is 12.8. The van der Waals surface area contributed by atoms with Crippen LogP contribution in [-0.2, 0) is 4.79 Å². The van der Waals surface area contributed by atoms with Gasteiger partial charge < -0.3 is 10.8 Å². The first-order chi connectivity index (χ1) is 7.68. The van der Waals surface area contributed by atoms with Crippen molar-refractivity contribution in [3.63, 3.8) is 0 Å². The summed E-state index contributed by atoms with van der Waals surface area (Å²) in [5.41, 5.74) is 6.92. The Morgan fingerprint density at radius 3 is 2.56 bits per heavy atom. The molecule has 5 heteroatoms. The molecule has 2 rings (SSSR count). The van der Waals surface area contributed by atoms with Crippen molar-refractivity contribution in [3.8, 4) is 5.69 Å². The van der Waals surface area contributed by atoms with E-state index in [9.17, 15) is 4.79 Å². The predicted octanol–water partition coefficient (Wildman–Crippen LogP) is 0.957. The molecule has 0 bridgehead atoms. The zero-order valence-corrected chi connectivity index (χ0v) is 8.45. The zero-order valence-electron chi connectivity index (χ0n) is 8.45. The lowest BCUT2D eigenvalue weighted by Gasteiger charge is -2.07. The Morgan fingerprint density at radius 2 is 2.06 bits per heavy atom. The molecule has 0 spiro atoms. The van der Waals surface area contributed by atoms with Gasteiger partial charge in [-0.3, -0.25) is 4.79 Å². The van der Waals surface area contributed by atoms with Gasteiger partial charge in [-0.05, 0) is 23.8 Å². The number of nitrogens with two attached hydrogens (primary N) is 1. The standard InChI is InChI=1S/C11H11N3O2/c12-10(11(15)16)8-2-4-9(5-3-8)14-7-1-6-13-14/h1-7,10H,12H2,(H,15,16)/t10-/m0/s1. The van der Waals surface area contributed by atoms with Crippen LogP contribution in [0.25, 0.3) is 5.69 Å². The molecule has 0 saturated carbocycles. The Kier molecular flexibility index (Phi) is 2.70. The SMILES string of the molecule is N[C@H](C(=O)O)c1ccc(-n2cccn2)cc1. The molecule has 0 fully saturated rings. The fourth-order valence-corrected chi connectivity index (χ4v) is 1.40. The highest BCUT2D eigenvalue weighted by Gasteiger charge is 2.13. The van der Waals surface area contributed by atoms with Crippen molar-refractivity contribution in [3.05, 3.63) is 48.3 Å². The smallest absolute Gasteiger partial charge is 0.325 e. The van der Waals surface area contributed by atoms with E-state index < -0.39 is 12.0 Å². The van der Waals surface area contributed by atoms with E-state index in [1.54, 1.807) is 35.1 Å². The Morgan fingerprint density at radius 1 is 1.38 bits per heavy atom. The van der Waals surface area contributed by atoms with Crippen LogP contribution in [0.4, 0.5) is 0 Å². The quantitative estimate of drug-likeness (QED) is 0.802. The van der Waals surface area contributed by atoms with E-state index in [1.807, 2.05) is 12.3 Å². The van der Waals surface area contributed by atoms with Crippen molar-refractivity contribution in [1.82, 2.24) is 9.78 Å². The molecule has 1 heterocycles. The molecule has 3 N–H and O–H groups in total. The third-order valence-corrected chi connectivity index (χ3v) is 2.29. The highest BCUT2D eigenvalue weighted by molar-refractivity contribution is 5.75. The van der Waals surface area contributed by atoms with Crippen LogP contribution >= 0.6 is 0 Å². The summed E-state index contributed by atoms with van der Waals surface area (Å²) in [7, 11) is 0. The van der Waals surface area contributed by atoms with E-state index in [0.717, 1.165) is 5.69 Å². The summed E-state index contributed by atoms with van der Waals surface area (Å²) >= 11 is 0. The molecule has 0 aliphatic heterocycles. The molecular weight excluding hydrogens is 206 g/mol. The maximum absolute atomic E-state index is 10.7. The number of hydrogen-bond acceptors (Lipinski definition) is 3. The summed E-state index contributed by atoms with van der Waals surface area (Å²) < 4.78 is 1.69. The molecule has 0 saturated heterocycles. The minimum atomic E-state index is -1.04. The zero-order chi connectivity index (χ0) is 11.5. The number of carboxylic acid groups (broad SMARTS) is 1. The average molecular weight is 217 g/mol. The number of benzene rings is 1. The number of aromatic nitrogens is 2. The Bertz CT molecular complexity index is 476. The lowest BCUT2D eigenvalue weighted by molar-refractivity contribution is -0.138. The lowest BCUT2D eigenvalue weighted by atomic mass is 10.1. The maximum atomic E-state index is 10.7. The first-order valence-corrected chi connectivity index (χ1v) is 4.77. The van der Waals surface area contributed by atoms with Gasteiger partial charge in [0.25, 0.3) is 0 Å². The number of nitrogens with zero attached hydrogens (tertiary/aromatic N) is 2. The lowest BCUT2D eigenvalue weighted by Crippen LogP contribution is -2.20. The van der Waals surface area contributed by atoms with Crippen molar-refractivity contribution in [2.45, 2.75) is 6.04 Å². The molecular formula is C11H11N3O2. The second-order valence-electron chi connectivity index (χ2n) is 3.36. The minimum Gasteiger partial charge on any atom is -0.480 e. The highest BCUT2D eigenvalue weighted by atomic mass is 16.4. The first-order valence-electron chi connectivity index (χ1n) is 4.77. The summed E-state index contributed by atoms with van der Waals surface area (Å²) in [4.78, 5) is 10.7. The summed E-state index contributed by atoms with van der Waals surface area (Å²) in [6, 6.07) is 7.78. The Balaban J connectivity index is 2.26. The molecule has 0 amide bonds. The second-order valence-corrected chi connectivity index (χ2v) is 3.36. The molecule has 16 heavy (non-hydrogen) atoms. The maximum Gasteiger partial charge on any atom is 0.325 e. The third-order valence-electron chi connectivity index (χ3n) is 2.29. The topological polar surface area (TPSA) is 81.1 Å². The van der Waals surface area contributed by atoms with Crippen molar-refractivity contribution >= 4 is 5.97 Å². The van der Waals surface area contributed by atoms with E-state index in [4.69, 9.17) is 10.8 Å². The van der Waals surface area contributed by atoms with Gasteiger partial charge in [0.15, 0.2) is 0 Å². The summed E-state index contributed by atoms with van der Waals surface area (Å²) in [6.45, 7) is 0. The van der Waals surface area contributed by atoms with Crippen molar-refractivity contribution in [2.24, 2.45) is 5.73 Å². The number of carboxylic acids is 1. The predicted molar refractivity (Wildman–Crippen MR) is 58.1 cm³/mol. The van der Waals surface area contributed by atoms with Gasteiger partial charge in [0.1, 0.15) is 6.04 Å². The van der Waals surface area contributed by atoms with Crippen LogP contribution in [-0.4, -0.2) is 20.9 Å². The number of carbonyl (C=O) groups is 1. The van der Waals surface area contributed by atoms with Crippen LogP contribution in [0.5, 0.6) is 0 Å². The molecule has 0 radical (unpaired) electrons. The summed E-state index contributed by atoms with van der Waals surface area (Å²) in [5.74, 6) is -1.04. The molecule has 0 aliphatic rings. The monoisotopic (exact) mass is 217 g/mol. The number of hydrogen-bond donors (Lipinski definition) is 2.